The highest BCUT2D eigenvalue weighted by Crippen LogP contribution is 2.30. The molecule has 0 aliphatic carbocycles. The number of nitrogens with one attached hydrogen (secondary N) is 1. The number of ether oxygens (including phenoxy) is 4. The van der Waals surface area contributed by atoms with Crippen molar-refractivity contribution in [2.45, 2.75) is 18.6 Å². The highest BCUT2D eigenvalue weighted by atomic mass is 16.6. The molecule has 2 heterocycles. The zero-order chi connectivity index (χ0) is 13.8. The fourth-order valence-electron chi connectivity index (χ4n) is 2.59. The molecule has 5 heteroatoms. The van der Waals surface area contributed by atoms with E-state index in [0.717, 1.165) is 37.6 Å². The third kappa shape index (κ3) is 2.90. The summed E-state index contributed by atoms with van der Waals surface area (Å²) in [5, 5.41) is 3.44. The van der Waals surface area contributed by atoms with E-state index in [1.165, 1.54) is 5.56 Å². The molecule has 0 bridgehead atoms. The lowest BCUT2D eigenvalue weighted by Crippen LogP contribution is -2.42. The van der Waals surface area contributed by atoms with E-state index in [4.69, 9.17) is 18.9 Å². The third-order valence-electron chi connectivity index (χ3n) is 3.88. The molecule has 0 aromatic heterocycles. The van der Waals surface area contributed by atoms with Crippen LogP contribution in [0.25, 0.3) is 0 Å². The predicted molar refractivity (Wildman–Crippen MR) is 74.3 cm³/mol. The molecule has 0 amide bonds. The molecule has 3 rings (SSSR count). The Labute approximate surface area is 119 Å². The summed E-state index contributed by atoms with van der Waals surface area (Å²) >= 11 is 0. The summed E-state index contributed by atoms with van der Waals surface area (Å²) in [4.78, 5) is 0. The summed E-state index contributed by atoms with van der Waals surface area (Å²) in [6.45, 7) is 4.26. The fraction of sp³-hybridized carbons (Fsp3) is 0.600. The summed E-state index contributed by atoms with van der Waals surface area (Å²) in [6, 6.07) is 6.06. The minimum Gasteiger partial charge on any atom is -0.486 e. The van der Waals surface area contributed by atoms with Crippen molar-refractivity contribution in [1.29, 1.82) is 0 Å². The van der Waals surface area contributed by atoms with Crippen molar-refractivity contribution in [3.8, 4) is 11.5 Å². The highest BCUT2D eigenvalue weighted by Gasteiger charge is 2.34. The fourth-order valence-corrected chi connectivity index (χ4v) is 2.59. The molecule has 1 saturated heterocycles. The molecule has 20 heavy (non-hydrogen) atoms. The molecule has 0 radical (unpaired) electrons. The number of rotatable bonds is 5. The number of fused-ring (bicyclic) bond motifs is 1. The summed E-state index contributed by atoms with van der Waals surface area (Å²) < 4.78 is 22.1. The maximum atomic E-state index is 5.60. The number of methoxy groups -OCH3 is 1. The van der Waals surface area contributed by atoms with Crippen molar-refractivity contribution in [3.63, 3.8) is 0 Å². The van der Waals surface area contributed by atoms with Gasteiger partial charge in [0.15, 0.2) is 11.5 Å². The standard InChI is InChI=1S/C15H21NO4/c1-17-15(4-5-18-11-15)10-16-9-12-2-3-13-14(8-12)20-7-6-19-13/h2-3,8,16H,4-7,9-11H2,1H3. The Morgan fingerprint density at radius 2 is 2.05 bits per heavy atom. The minimum atomic E-state index is -0.173. The highest BCUT2D eigenvalue weighted by molar-refractivity contribution is 5.43. The lowest BCUT2D eigenvalue weighted by Gasteiger charge is -2.26. The van der Waals surface area contributed by atoms with Crippen LogP contribution in [-0.2, 0) is 16.0 Å². The SMILES string of the molecule is COC1(CNCc2ccc3c(c2)OCCO3)CCOC1. The van der Waals surface area contributed by atoms with Gasteiger partial charge in [0.25, 0.3) is 0 Å². The van der Waals surface area contributed by atoms with Crippen LogP contribution in [0.5, 0.6) is 11.5 Å². The van der Waals surface area contributed by atoms with Gasteiger partial charge >= 0.3 is 0 Å². The molecule has 0 spiro atoms. The first-order valence-corrected chi connectivity index (χ1v) is 7.03. The van der Waals surface area contributed by atoms with Crippen LogP contribution >= 0.6 is 0 Å². The van der Waals surface area contributed by atoms with Gasteiger partial charge in [0, 0.05) is 33.2 Å². The summed E-state index contributed by atoms with van der Waals surface area (Å²) in [5.41, 5.74) is 1.01. The molecular weight excluding hydrogens is 258 g/mol. The van der Waals surface area contributed by atoms with Gasteiger partial charge in [-0.05, 0) is 17.7 Å². The molecule has 2 aliphatic heterocycles. The lowest BCUT2D eigenvalue weighted by molar-refractivity contribution is -0.0159. The van der Waals surface area contributed by atoms with Crippen LogP contribution in [0.1, 0.15) is 12.0 Å². The quantitative estimate of drug-likeness (QED) is 0.882. The molecule has 1 aromatic carbocycles. The molecule has 1 fully saturated rings. The average Bonchev–Trinajstić information content (AvgIpc) is 2.96. The Morgan fingerprint density at radius 1 is 1.20 bits per heavy atom. The Balaban J connectivity index is 1.56. The van der Waals surface area contributed by atoms with Crippen LogP contribution in [0.2, 0.25) is 0 Å². The van der Waals surface area contributed by atoms with Gasteiger partial charge in [-0.1, -0.05) is 6.07 Å². The molecule has 5 nitrogen and oxygen atoms in total. The van der Waals surface area contributed by atoms with Gasteiger partial charge in [0.05, 0.1) is 6.61 Å². The van der Waals surface area contributed by atoms with E-state index in [1.807, 2.05) is 12.1 Å². The van der Waals surface area contributed by atoms with Crippen molar-refractivity contribution in [2.75, 3.05) is 40.1 Å². The number of benzene rings is 1. The topological polar surface area (TPSA) is 49.0 Å². The van der Waals surface area contributed by atoms with E-state index in [1.54, 1.807) is 7.11 Å². The Hall–Kier alpha value is -1.30. The van der Waals surface area contributed by atoms with Crippen LogP contribution in [0, 0.1) is 0 Å². The van der Waals surface area contributed by atoms with Crippen LogP contribution in [0.4, 0.5) is 0 Å². The smallest absolute Gasteiger partial charge is 0.161 e. The van der Waals surface area contributed by atoms with Crippen LogP contribution in [0.3, 0.4) is 0 Å². The van der Waals surface area contributed by atoms with Crippen LogP contribution in [-0.4, -0.2) is 45.7 Å². The minimum absolute atomic E-state index is 0.173. The van der Waals surface area contributed by atoms with Crippen molar-refractivity contribution in [1.82, 2.24) is 5.32 Å². The second-order valence-electron chi connectivity index (χ2n) is 5.27. The van der Waals surface area contributed by atoms with Crippen molar-refractivity contribution < 1.29 is 18.9 Å². The first-order valence-electron chi connectivity index (χ1n) is 7.03. The maximum Gasteiger partial charge on any atom is 0.161 e. The van der Waals surface area contributed by atoms with Gasteiger partial charge < -0.3 is 24.3 Å². The van der Waals surface area contributed by atoms with E-state index in [9.17, 15) is 0 Å². The third-order valence-corrected chi connectivity index (χ3v) is 3.88. The Bertz CT molecular complexity index is 457. The van der Waals surface area contributed by atoms with E-state index in [2.05, 4.69) is 11.4 Å². The maximum absolute atomic E-state index is 5.60. The summed E-state index contributed by atoms with van der Waals surface area (Å²) in [6.07, 6.45) is 0.942. The van der Waals surface area contributed by atoms with Crippen LogP contribution in [0.15, 0.2) is 18.2 Å². The molecule has 1 atom stereocenters. The second-order valence-corrected chi connectivity index (χ2v) is 5.27. The van der Waals surface area contributed by atoms with Gasteiger partial charge in [-0.3, -0.25) is 0 Å². The van der Waals surface area contributed by atoms with Gasteiger partial charge in [0.1, 0.15) is 18.8 Å². The van der Waals surface area contributed by atoms with Gasteiger partial charge in [0.2, 0.25) is 0 Å². The number of hydrogen-bond donors (Lipinski definition) is 1. The summed E-state index contributed by atoms with van der Waals surface area (Å²) in [7, 11) is 1.75. The van der Waals surface area contributed by atoms with Crippen molar-refractivity contribution >= 4 is 0 Å². The van der Waals surface area contributed by atoms with Gasteiger partial charge in [-0.15, -0.1) is 0 Å². The first-order chi connectivity index (χ1) is 9.81. The monoisotopic (exact) mass is 279 g/mol. The molecule has 1 aromatic rings. The first kappa shape index (κ1) is 13.7. The second kappa shape index (κ2) is 5.99. The Kier molecular flexibility index (Phi) is 4.10. The van der Waals surface area contributed by atoms with Crippen molar-refractivity contribution in [3.05, 3.63) is 23.8 Å². The van der Waals surface area contributed by atoms with E-state index in [0.29, 0.717) is 19.8 Å². The van der Waals surface area contributed by atoms with E-state index < -0.39 is 0 Å². The van der Waals surface area contributed by atoms with Gasteiger partial charge in [-0.25, -0.2) is 0 Å². The molecular formula is C15H21NO4. The lowest BCUT2D eigenvalue weighted by atomic mass is 10.0. The number of hydrogen-bond acceptors (Lipinski definition) is 5. The van der Waals surface area contributed by atoms with Crippen molar-refractivity contribution in [2.24, 2.45) is 0 Å². The predicted octanol–water partition coefficient (Wildman–Crippen LogP) is 1.35. The zero-order valence-corrected chi connectivity index (χ0v) is 11.8. The molecule has 0 saturated carbocycles. The average molecular weight is 279 g/mol. The molecule has 2 aliphatic rings. The molecule has 1 N–H and O–H groups in total. The van der Waals surface area contributed by atoms with Gasteiger partial charge in [-0.2, -0.15) is 0 Å². The molecule has 110 valence electrons. The summed E-state index contributed by atoms with van der Waals surface area (Å²) in [5.74, 6) is 1.67. The zero-order valence-electron chi connectivity index (χ0n) is 11.8. The van der Waals surface area contributed by atoms with Crippen LogP contribution < -0.4 is 14.8 Å². The molecule has 1 unspecified atom stereocenters. The Morgan fingerprint density at radius 3 is 2.80 bits per heavy atom. The normalized spacial score (nSPS) is 24.9. The van der Waals surface area contributed by atoms with E-state index in [-0.39, 0.29) is 5.60 Å². The van der Waals surface area contributed by atoms with E-state index >= 15 is 0 Å². The largest absolute Gasteiger partial charge is 0.486 e.